The highest BCUT2D eigenvalue weighted by molar-refractivity contribution is 7.07. The number of hydrogen-bond acceptors (Lipinski definition) is 4. The van der Waals surface area contributed by atoms with Crippen molar-refractivity contribution in [2.24, 2.45) is 0 Å². The van der Waals surface area contributed by atoms with Crippen LogP contribution in [0.3, 0.4) is 0 Å². The van der Waals surface area contributed by atoms with Gasteiger partial charge in [-0.25, -0.2) is 9.97 Å². The maximum absolute atomic E-state index is 6.03. The lowest BCUT2D eigenvalue weighted by Gasteiger charge is -2.06. The molecule has 20 heavy (non-hydrogen) atoms. The maximum Gasteiger partial charge on any atom is 0.147 e. The van der Waals surface area contributed by atoms with Gasteiger partial charge in [-0.05, 0) is 19.1 Å². The topological polar surface area (TPSA) is 39.9 Å². The highest BCUT2D eigenvalue weighted by Crippen LogP contribution is 2.27. The molecule has 0 amide bonds. The number of alkyl halides is 1. The van der Waals surface area contributed by atoms with Crippen molar-refractivity contribution in [3.63, 3.8) is 0 Å². The first kappa shape index (κ1) is 13.4. The van der Waals surface area contributed by atoms with Crippen LogP contribution in [0.15, 0.2) is 29.1 Å². The van der Waals surface area contributed by atoms with E-state index in [0.29, 0.717) is 19.0 Å². The van der Waals surface area contributed by atoms with Gasteiger partial charge < -0.3 is 9.30 Å². The van der Waals surface area contributed by atoms with Crippen LogP contribution in [-0.2, 0) is 12.4 Å². The Morgan fingerprint density at radius 3 is 3.00 bits per heavy atom. The number of thiazole rings is 1. The zero-order chi connectivity index (χ0) is 13.9. The van der Waals surface area contributed by atoms with Crippen LogP contribution in [0.1, 0.15) is 18.4 Å². The van der Waals surface area contributed by atoms with Crippen LogP contribution < -0.4 is 4.74 Å². The second kappa shape index (κ2) is 5.81. The predicted octanol–water partition coefficient (Wildman–Crippen LogP) is 3.68. The van der Waals surface area contributed by atoms with E-state index in [-0.39, 0.29) is 0 Å². The molecule has 3 aromatic rings. The lowest BCUT2D eigenvalue weighted by molar-refractivity contribution is 0.343. The Morgan fingerprint density at radius 2 is 2.30 bits per heavy atom. The van der Waals surface area contributed by atoms with Crippen LogP contribution in [0.2, 0.25) is 0 Å². The number of fused-ring (bicyclic) bond motifs is 1. The number of imidazole rings is 1. The van der Waals surface area contributed by atoms with Crippen LogP contribution in [0.4, 0.5) is 0 Å². The molecule has 1 aromatic carbocycles. The Labute approximate surface area is 126 Å². The Bertz CT molecular complexity index is 709. The van der Waals surface area contributed by atoms with E-state index in [2.05, 4.69) is 14.5 Å². The molecular weight excluding hydrogens is 294 g/mol. The van der Waals surface area contributed by atoms with E-state index in [1.165, 1.54) is 0 Å². The molecule has 6 heteroatoms. The zero-order valence-electron chi connectivity index (χ0n) is 11.0. The molecule has 0 unspecified atom stereocenters. The predicted molar refractivity (Wildman–Crippen MR) is 81.7 cm³/mol. The fourth-order valence-corrected chi connectivity index (χ4v) is 2.95. The van der Waals surface area contributed by atoms with Crippen LogP contribution in [0.25, 0.3) is 11.0 Å². The monoisotopic (exact) mass is 307 g/mol. The molecule has 4 nitrogen and oxygen atoms in total. The van der Waals surface area contributed by atoms with Gasteiger partial charge in [-0.3, -0.25) is 0 Å². The normalized spacial score (nSPS) is 11.1. The van der Waals surface area contributed by atoms with Gasteiger partial charge in [0, 0.05) is 5.38 Å². The van der Waals surface area contributed by atoms with E-state index in [1.54, 1.807) is 11.3 Å². The Kier molecular flexibility index (Phi) is 3.89. The summed E-state index contributed by atoms with van der Waals surface area (Å²) in [4.78, 5) is 8.94. The standard InChI is InChI=1S/C14H14ClN3OS/c1-2-19-12-5-3-4-11-14(12)17-13(6-15)18(11)7-10-8-20-9-16-10/h3-5,8-9H,2,6-7H2,1H3. The van der Waals surface area contributed by atoms with Crippen molar-refractivity contribution in [3.05, 3.63) is 40.6 Å². The minimum absolute atomic E-state index is 0.365. The summed E-state index contributed by atoms with van der Waals surface area (Å²) in [6.07, 6.45) is 0. The number of benzene rings is 1. The van der Waals surface area contributed by atoms with Gasteiger partial charge in [-0.2, -0.15) is 0 Å². The summed E-state index contributed by atoms with van der Waals surface area (Å²) in [6, 6.07) is 5.95. The van der Waals surface area contributed by atoms with Crippen molar-refractivity contribution in [3.8, 4) is 5.75 Å². The number of halogens is 1. The molecule has 0 aliphatic carbocycles. The van der Waals surface area contributed by atoms with E-state index in [1.807, 2.05) is 36.0 Å². The summed E-state index contributed by atoms with van der Waals surface area (Å²) in [7, 11) is 0. The zero-order valence-corrected chi connectivity index (χ0v) is 12.6. The van der Waals surface area contributed by atoms with Crippen molar-refractivity contribution in [1.29, 1.82) is 0 Å². The second-order valence-corrected chi connectivity index (χ2v) is 5.27. The summed E-state index contributed by atoms with van der Waals surface area (Å²) in [5, 5.41) is 2.04. The van der Waals surface area contributed by atoms with Gasteiger partial charge in [0.25, 0.3) is 0 Å². The van der Waals surface area contributed by atoms with Gasteiger partial charge in [-0.1, -0.05) is 6.07 Å². The Hall–Kier alpha value is -1.59. The van der Waals surface area contributed by atoms with Gasteiger partial charge in [-0.15, -0.1) is 22.9 Å². The van der Waals surface area contributed by atoms with Gasteiger partial charge in [0.05, 0.1) is 35.8 Å². The summed E-state index contributed by atoms with van der Waals surface area (Å²) in [5.74, 6) is 2.00. The highest BCUT2D eigenvalue weighted by atomic mass is 35.5. The molecule has 104 valence electrons. The molecule has 0 aliphatic heterocycles. The minimum Gasteiger partial charge on any atom is -0.492 e. The highest BCUT2D eigenvalue weighted by Gasteiger charge is 2.14. The molecule has 0 saturated carbocycles. The van der Waals surface area contributed by atoms with Gasteiger partial charge in [0.2, 0.25) is 0 Å². The summed E-state index contributed by atoms with van der Waals surface area (Å²) in [6.45, 7) is 3.26. The van der Waals surface area contributed by atoms with Crippen LogP contribution in [0, 0.1) is 0 Å². The van der Waals surface area contributed by atoms with Crippen LogP contribution >= 0.6 is 22.9 Å². The lowest BCUT2D eigenvalue weighted by atomic mass is 10.3. The fourth-order valence-electron chi connectivity index (χ4n) is 2.20. The maximum atomic E-state index is 6.03. The first-order valence-corrected chi connectivity index (χ1v) is 7.85. The molecule has 0 radical (unpaired) electrons. The molecule has 3 rings (SSSR count). The summed E-state index contributed by atoms with van der Waals surface area (Å²) < 4.78 is 7.73. The third kappa shape index (κ3) is 2.39. The number of para-hydroxylation sites is 1. The van der Waals surface area contributed by atoms with Crippen LogP contribution in [0.5, 0.6) is 5.75 Å². The largest absolute Gasteiger partial charge is 0.492 e. The third-order valence-electron chi connectivity index (χ3n) is 3.04. The number of rotatable bonds is 5. The van der Waals surface area contributed by atoms with Crippen molar-refractivity contribution < 1.29 is 4.74 Å². The number of ether oxygens (including phenoxy) is 1. The van der Waals surface area contributed by atoms with Gasteiger partial charge in [0.15, 0.2) is 0 Å². The molecule has 2 aromatic heterocycles. The van der Waals surface area contributed by atoms with E-state index in [4.69, 9.17) is 16.3 Å². The molecule has 0 spiro atoms. The second-order valence-electron chi connectivity index (χ2n) is 4.28. The van der Waals surface area contributed by atoms with E-state index in [9.17, 15) is 0 Å². The lowest BCUT2D eigenvalue weighted by Crippen LogP contribution is -2.03. The van der Waals surface area contributed by atoms with Crippen LogP contribution in [-0.4, -0.2) is 21.1 Å². The van der Waals surface area contributed by atoms with Crippen molar-refractivity contribution in [1.82, 2.24) is 14.5 Å². The first-order valence-electron chi connectivity index (χ1n) is 6.37. The molecular formula is C14H14ClN3OS. The number of nitrogens with zero attached hydrogens (tertiary/aromatic N) is 3. The van der Waals surface area contributed by atoms with Crippen molar-refractivity contribution in [2.75, 3.05) is 6.61 Å². The molecule has 0 N–H and O–H groups in total. The third-order valence-corrected chi connectivity index (χ3v) is 3.92. The van der Waals surface area contributed by atoms with Crippen molar-refractivity contribution in [2.45, 2.75) is 19.3 Å². The minimum atomic E-state index is 0.365. The fraction of sp³-hybridized carbons (Fsp3) is 0.286. The molecule has 0 atom stereocenters. The Morgan fingerprint density at radius 1 is 1.40 bits per heavy atom. The van der Waals surface area contributed by atoms with Gasteiger partial charge in [0.1, 0.15) is 17.1 Å². The van der Waals surface area contributed by atoms with E-state index in [0.717, 1.165) is 28.3 Å². The first-order chi connectivity index (χ1) is 9.83. The van der Waals surface area contributed by atoms with Crippen molar-refractivity contribution >= 4 is 34.0 Å². The smallest absolute Gasteiger partial charge is 0.147 e. The summed E-state index contributed by atoms with van der Waals surface area (Å²) >= 11 is 7.62. The molecule has 2 heterocycles. The molecule has 0 aliphatic rings. The average Bonchev–Trinajstić information content (AvgIpc) is 3.08. The number of hydrogen-bond donors (Lipinski definition) is 0. The van der Waals surface area contributed by atoms with Gasteiger partial charge >= 0.3 is 0 Å². The SMILES string of the molecule is CCOc1cccc2c1nc(CCl)n2Cc1cscn1. The van der Waals surface area contributed by atoms with E-state index >= 15 is 0 Å². The van der Waals surface area contributed by atoms with E-state index < -0.39 is 0 Å². The average molecular weight is 308 g/mol. The number of aromatic nitrogens is 3. The Balaban J connectivity index is 2.12. The molecule has 0 bridgehead atoms. The molecule has 0 saturated heterocycles. The molecule has 0 fully saturated rings. The quantitative estimate of drug-likeness (QED) is 0.675. The summed E-state index contributed by atoms with van der Waals surface area (Å²) in [5.41, 5.74) is 4.74.